The van der Waals surface area contributed by atoms with Gasteiger partial charge in [0.2, 0.25) is 5.91 Å². The molecule has 0 radical (unpaired) electrons. The first-order chi connectivity index (χ1) is 11.6. The number of hydrogen-bond donors (Lipinski definition) is 0. The van der Waals surface area contributed by atoms with Gasteiger partial charge in [-0.05, 0) is 31.9 Å². The van der Waals surface area contributed by atoms with E-state index in [1.54, 1.807) is 7.11 Å². The Kier molecular flexibility index (Phi) is 5.44. The van der Waals surface area contributed by atoms with Crippen molar-refractivity contribution in [3.63, 3.8) is 0 Å². The Hall–Kier alpha value is -1.55. The molecular weight excluding hydrogens is 300 g/mol. The summed E-state index contributed by atoms with van der Waals surface area (Å²) >= 11 is 0. The lowest BCUT2D eigenvalue weighted by molar-refractivity contribution is -0.139. The monoisotopic (exact) mass is 330 g/mol. The Balaban J connectivity index is 1.74. The summed E-state index contributed by atoms with van der Waals surface area (Å²) in [6.45, 7) is 4.63. The average molecular weight is 330 g/mol. The molecule has 4 heteroatoms. The molecule has 1 heterocycles. The van der Waals surface area contributed by atoms with Crippen molar-refractivity contribution in [1.29, 1.82) is 0 Å². The number of likely N-dealkylation sites (N-methyl/N-ethyl adjacent to an activating group) is 1. The number of ether oxygens (including phenoxy) is 1. The highest BCUT2D eigenvalue weighted by molar-refractivity contribution is 5.79. The molecule has 0 bridgehead atoms. The van der Waals surface area contributed by atoms with Crippen LogP contribution in [0.25, 0.3) is 0 Å². The predicted molar refractivity (Wildman–Crippen MR) is 96.1 cm³/mol. The molecule has 3 rings (SSSR count). The van der Waals surface area contributed by atoms with Gasteiger partial charge in [-0.25, -0.2) is 0 Å². The average Bonchev–Trinajstić information content (AvgIpc) is 3.15. The van der Waals surface area contributed by atoms with E-state index in [4.69, 9.17) is 4.74 Å². The van der Waals surface area contributed by atoms with E-state index in [-0.39, 0.29) is 12.0 Å². The lowest BCUT2D eigenvalue weighted by Crippen LogP contribution is -2.51. The van der Waals surface area contributed by atoms with Crippen molar-refractivity contribution >= 4 is 5.91 Å². The maximum atomic E-state index is 13.0. The molecule has 1 amide bonds. The largest absolute Gasteiger partial charge is 0.496 e. The zero-order valence-electron chi connectivity index (χ0n) is 15.2. The van der Waals surface area contributed by atoms with E-state index in [1.807, 2.05) is 18.2 Å². The Labute approximate surface area is 145 Å². The van der Waals surface area contributed by atoms with Gasteiger partial charge in [-0.3, -0.25) is 9.69 Å². The number of amides is 1. The summed E-state index contributed by atoms with van der Waals surface area (Å²) in [5.74, 6) is 2.00. The lowest BCUT2D eigenvalue weighted by Gasteiger charge is -2.41. The minimum absolute atomic E-state index is 0.161. The molecule has 132 valence electrons. The summed E-state index contributed by atoms with van der Waals surface area (Å²) in [4.78, 5) is 17.4. The van der Waals surface area contributed by atoms with Crippen molar-refractivity contribution in [3.05, 3.63) is 29.8 Å². The van der Waals surface area contributed by atoms with E-state index in [0.717, 1.165) is 25.4 Å². The van der Waals surface area contributed by atoms with Gasteiger partial charge in [-0.2, -0.15) is 0 Å². The molecular formula is C20H30N2O2. The third-order valence-corrected chi connectivity index (χ3v) is 5.95. The number of piperazine rings is 1. The van der Waals surface area contributed by atoms with E-state index >= 15 is 0 Å². The topological polar surface area (TPSA) is 32.8 Å². The van der Waals surface area contributed by atoms with Crippen molar-refractivity contribution in [1.82, 2.24) is 9.80 Å². The van der Waals surface area contributed by atoms with E-state index in [2.05, 4.69) is 29.8 Å². The van der Waals surface area contributed by atoms with Gasteiger partial charge in [0.15, 0.2) is 0 Å². The van der Waals surface area contributed by atoms with Crippen molar-refractivity contribution in [2.45, 2.75) is 38.6 Å². The summed E-state index contributed by atoms with van der Waals surface area (Å²) in [6.07, 6.45) is 5.01. The predicted octanol–water partition coefficient (Wildman–Crippen LogP) is 3.34. The fourth-order valence-corrected chi connectivity index (χ4v) is 4.30. The van der Waals surface area contributed by atoms with Crippen LogP contribution in [-0.2, 0) is 4.79 Å². The van der Waals surface area contributed by atoms with Crippen LogP contribution in [0.1, 0.15) is 44.2 Å². The fraction of sp³-hybridized carbons (Fsp3) is 0.650. The van der Waals surface area contributed by atoms with Crippen LogP contribution < -0.4 is 4.74 Å². The lowest BCUT2D eigenvalue weighted by atomic mass is 9.90. The number of rotatable bonds is 4. The number of benzene rings is 1. The maximum Gasteiger partial charge on any atom is 0.225 e. The molecule has 1 saturated carbocycles. The van der Waals surface area contributed by atoms with Crippen molar-refractivity contribution in [2.75, 3.05) is 33.8 Å². The third kappa shape index (κ3) is 3.44. The number of methoxy groups -OCH3 is 1. The van der Waals surface area contributed by atoms with Crippen LogP contribution >= 0.6 is 0 Å². The van der Waals surface area contributed by atoms with E-state index < -0.39 is 0 Å². The SMILES string of the molecule is COc1ccccc1C1CN(C(=O)C(C)C2CCCC2)CCN1C. The molecule has 1 saturated heterocycles. The van der Waals surface area contributed by atoms with Crippen LogP contribution in [0.4, 0.5) is 0 Å². The Morgan fingerprint density at radius 2 is 1.92 bits per heavy atom. The van der Waals surface area contributed by atoms with Crippen LogP contribution in [0.15, 0.2) is 24.3 Å². The molecule has 4 nitrogen and oxygen atoms in total. The summed E-state index contributed by atoms with van der Waals surface area (Å²) < 4.78 is 5.54. The van der Waals surface area contributed by atoms with E-state index in [9.17, 15) is 4.79 Å². The molecule has 1 aromatic carbocycles. The Morgan fingerprint density at radius 3 is 2.62 bits per heavy atom. The maximum absolute atomic E-state index is 13.0. The molecule has 0 N–H and O–H groups in total. The Morgan fingerprint density at radius 1 is 1.21 bits per heavy atom. The van der Waals surface area contributed by atoms with Crippen LogP contribution in [0.2, 0.25) is 0 Å². The Bertz CT molecular complexity index is 569. The molecule has 0 spiro atoms. The number of para-hydroxylation sites is 1. The van der Waals surface area contributed by atoms with Crippen LogP contribution in [0.3, 0.4) is 0 Å². The van der Waals surface area contributed by atoms with Crippen LogP contribution in [0, 0.1) is 11.8 Å². The molecule has 0 aromatic heterocycles. The van der Waals surface area contributed by atoms with Crippen molar-refractivity contribution < 1.29 is 9.53 Å². The number of carbonyl (C=O) groups is 1. The van der Waals surface area contributed by atoms with Crippen molar-refractivity contribution in [3.8, 4) is 5.75 Å². The van der Waals surface area contributed by atoms with Crippen LogP contribution in [-0.4, -0.2) is 49.5 Å². The molecule has 1 aliphatic heterocycles. The van der Waals surface area contributed by atoms with E-state index in [1.165, 1.54) is 31.2 Å². The fourth-order valence-electron chi connectivity index (χ4n) is 4.30. The number of carbonyl (C=O) groups excluding carboxylic acids is 1. The second-order valence-electron chi connectivity index (χ2n) is 7.36. The van der Waals surface area contributed by atoms with Gasteiger partial charge in [0.05, 0.1) is 13.2 Å². The summed E-state index contributed by atoms with van der Waals surface area (Å²) in [6, 6.07) is 8.37. The van der Waals surface area contributed by atoms with Gasteiger partial charge in [0.1, 0.15) is 5.75 Å². The number of nitrogens with zero attached hydrogens (tertiary/aromatic N) is 2. The van der Waals surface area contributed by atoms with E-state index in [0.29, 0.717) is 11.8 Å². The minimum atomic E-state index is 0.161. The molecule has 1 aromatic rings. The minimum Gasteiger partial charge on any atom is -0.496 e. The zero-order chi connectivity index (χ0) is 17.1. The highest BCUT2D eigenvalue weighted by Gasteiger charge is 2.34. The van der Waals surface area contributed by atoms with Gasteiger partial charge in [-0.15, -0.1) is 0 Å². The highest BCUT2D eigenvalue weighted by Crippen LogP contribution is 2.35. The summed E-state index contributed by atoms with van der Waals surface area (Å²) in [5, 5.41) is 0. The van der Waals surface area contributed by atoms with Gasteiger partial charge in [0.25, 0.3) is 0 Å². The molecule has 2 unspecified atom stereocenters. The smallest absolute Gasteiger partial charge is 0.225 e. The highest BCUT2D eigenvalue weighted by atomic mass is 16.5. The standard InChI is InChI=1S/C20H30N2O2/c1-15(16-8-4-5-9-16)20(23)22-13-12-21(2)18(14-22)17-10-6-7-11-19(17)24-3/h6-7,10-11,15-16,18H,4-5,8-9,12-14H2,1-3H3. The quantitative estimate of drug-likeness (QED) is 0.849. The summed E-state index contributed by atoms with van der Waals surface area (Å²) in [5.41, 5.74) is 1.17. The first-order valence-electron chi connectivity index (χ1n) is 9.23. The van der Waals surface area contributed by atoms with Gasteiger partial charge < -0.3 is 9.64 Å². The van der Waals surface area contributed by atoms with Gasteiger partial charge >= 0.3 is 0 Å². The van der Waals surface area contributed by atoms with Gasteiger partial charge in [0, 0.05) is 31.1 Å². The number of hydrogen-bond acceptors (Lipinski definition) is 3. The molecule has 24 heavy (non-hydrogen) atoms. The van der Waals surface area contributed by atoms with Gasteiger partial charge in [-0.1, -0.05) is 38.0 Å². The zero-order valence-corrected chi connectivity index (χ0v) is 15.2. The first kappa shape index (κ1) is 17.3. The summed E-state index contributed by atoms with van der Waals surface area (Å²) in [7, 11) is 3.85. The third-order valence-electron chi connectivity index (χ3n) is 5.95. The molecule has 2 atom stereocenters. The second-order valence-corrected chi connectivity index (χ2v) is 7.36. The molecule has 2 aliphatic rings. The molecule has 2 fully saturated rings. The normalized spacial score (nSPS) is 24.1. The van der Waals surface area contributed by atoms with Crippen molar-refractivity contribution in [2.24, 2.45) is 11.8 Å². The molecule has 1 aliphatic carbocycles. The second kappa shape index (κ2) is 7.56. The first-order valence-corrected chi connectivity index (χ1v) is 9.23. The van der Waals surface area contributed by atoms with Crippen LogP contribution in [0.5, 0.6) is 5.75 Å².